The maximum atomic E-state index is 10.6. The van der Waals surface area contributed by atoms with Gasteiger partial charge in [-0.2, -0.15) is 0 Å². The molecule has 25 heavy (non-hydrogen) atoms. The molecule has 4 rings (SSSR count). The summed E-state index contributed by atoms with van der Waals surface area (Å²) in [7, 11) is 2.13. The smallest absolute Gasteiger partial charge is 0.231 e. The number of rotatable bonds is 3. The van der Waals surface area contributed by atoms with Crippen LogP contribution in [0.2, 0.25) is 5.02 Å². The normalized spacial score (nSPS) is 19.1. The summed E-state index contributed by atoms with van der Waals surface area (Å²) in [6.45, 7) is 4.04. The number of piperazine rings is 1. The number of phenolic OH excluding ortho intramolecular Hbond substituents is 1. The van der Waals surface area contributed by atoms with Crippen molar-refractivity contribution in [1.29, 1.82) is 0 Å². The average molecular weight is 361 g/mol. The highest BCUT2D eigenvalue weighted by molar-refractivity contribution is 6.30. The third-order valence-corrected chi connectivity index (χ3v) is 5.16. The highest BCUT2D eigenvalue weighted by Crippen LogP contribution is 2.43. The molecule has 6 heteroatoms. The minimum Gasteiger partial charge on any atom is -0.507 e. The van der Waals surface area contributed by atoms with Crippen molar-refractivity contribution in [1.82, 2.24) is 9.80 Å². The number of ether oxygens (including phenoxy) is 2. The Morgan fingerprint density at radius 2 is 1.64 bits per heavy atom. The molecule has 0 radical (unpaired) electrons. The molecule has 0 saturated carbocycles. The van der Waals surface area contributed by atoms with E-state index in [1.165, 1.54) is 0 Å². The fourth-order valence-corrected chi connectivity index (χ4v) is 3.60. The summed E-state index contributed by atoms with van der Waals surface area (Å²) >= 11 is 6.07. The van der Waals surface area contributed by atoms with Gasteiger partial charge in [0.1, 0.15) is 5.75 Å². The summed E-state index contributed by atoms with van der Waals surface area (Å²) < 4.78 is 10.9. The Kier molecular flexibility index (Phi) is 4.46. The minimum absolute atomic E-state index is 0.0551. The molecule has 2 aromatic carbocycles. The predicted molar refractivity (Wildman–Crippen MR) is 96.6 cm³/mol. The Balaban J connectivity index is 1.76. The van der Waals surface area contributed by atoms with Crippen LogP contribution in [0, 0.1) is 0 Å². The van der Waals surface area contributed by atoms with Crippen molar-refractivity contribution in [2.45, 2.75) is 6.04 Å². The zero-order valence-electron chi connectivity index (χ0n) is 14.1. The SMILES string of the molecule is CN1CCN([C@H](c2ccc(Cl)cc2)c2cc3c(cc2O)OCO3)CC1. The highest BCUT2D eigenvalue weighted by Gasteiger charge is 2.29. The first kappa shape index (κ1) is 16.5. The number of fused-ring (bicyclic) bond motifs is 1. The van der Waals surface area contributed by atoms with Crippen LogP contribution in [0.5, 0.6) is 17.2 Å². The van der Waals surface area contributed by atoms with Crippen LogP contribution in [-0.4, -0.2) is 54.9 Å². The van der Waals surface area contributed by atoms with Gasteiger partial charge in [-0.25, -0.2) is 0 Å². The zero-order valence-corrected chi connectivity index (χ0v) is 14.9. The molecule has 2 aromatic rings. The number of aromatic hydroxyl groups is 1. The molecule has 2 aliphatic rings. The molecular weight excluding hydrogens is 340 g/mol. The number of nitrogens with zero attached hydrogens (tertiary/aromatic N) is 2. The van der Waals surface area contributed by atoms with Crippen LogP contribution in [-0.2, 0) is 0 Å². The van der Waals surface area contributed by atoms with E-state index in [2.05, 4.69) is 16.8 Å². The van der Waals surface area contributed by atoms with E-state index in [-0.39, 0.29) is 18.6 Å². The summed E-state index contributed by atoms with van der Waals surface area (Å²) in [6.07, 6.45) is 0. The number of halogens is 1. The molecule has 0 unspecified atom stereocenters. The van der Waals surface area contributed by atoms with Gasteiger partial charge >= 0.3 is 0 Å². The fourth-order valence-electron chi connectivity index (χ4n) is 3.48. The molecule has 5 nitrogen and oxygen atoms in total. The van der Waals surface area contributed by atoms with E-state index in [0.717, 1.165) is 37.3 Å². The van der Waals surface area contributed by atoms with Gasteiger partial charge in [0.05, 0.1) is 6.04 Å². The van der Waals surface area contributed by atoms with E-state index in [1.54, 1.807) is 6.07 Å². The molecule has 132 valence electrons. The van der Waals surface area contributed by atoms with Gasteiger partial charge < -0.3 is 19.5 Å². The maximum Gasteiger partial charge on any atom is 0.231 e. The molecule has 0 amide bonds. The molecule has 2 heterocycles. The van der Waals surface area contributed by atoms with Crippen LogP contribution in [0.4, 0.5) is 0 Å². The number of benzene rings is 2. The van der Waals surface area contributed by atoms with Gasteiger partial charge in [0.15, 0.2) is 11.5 Å². The number of likely N-dealkylation sites (N-methyl/N-ethyl adjacent to an activating group) is 1. The van der Waals surface area contributed by atoms with E-state index in [0.29, 0.717) is 16.5 Å². The van der Waals surface area contributed by atoms with Crippen LogP contribution in [0.1, 0.15) is 17.2 Å². The number of hydrogen-bond donors (Lipinski definition) is 1. The van der Waals surface area contributed by atoms with Crippen molar-refractivity contribution < 1.29 is 14.6 Å². The van der Waals surface area contributed by atoms with Crippen LogP contribution in [0.15, 0.2) is 36.4 Å². The van der Waals surface area contributed by atoms with Gasteiger partial charge in [-0.1, -0.05) is 23.7 Å². The van der Waals surface area contributed by atoms with Crippen molar-refractivity contribution in [3.8, 4) is 17.2 Å². The summed E-state index contributed by atoms with van der Waals surface area (Å²) in [6, 6.07) is 11.3. The van der Waals surface area contributed by atoms with Crippen LogP contribution < -0.4 is 9.47 Å². The third-order valence-electron chi connectivity index (χ3n) is 4.91. The first-order valence-corrected chi connectivity index (χ1v) is 8.80. The van der Waals surface area contributed by atoms with Gasteiger partial charge in [-0.15, -0.1) is 0 Å². The second-order valence-corrected chi connectivity index (χ2v) is 6.99. The molecule has 1 N–H and O–H groups in total. The Morgan fingerprint density at radius 1 is 1.00 bits per heavy atom. The molecule has 1 fully saturated rings. The Labute approximate surface area is 152 Å². The highest BCUT2D eigenvalue weighted by atomic mass is 35.5. The van der Waals surface area contributed by atoms with Gasteiger partial charge in [0, 0.05) is 42.8 Å². The van der Waals surface area contributed by atoms with Crippen molar-refractivity contribution in [3.05, 3.63) is 52.5 Å². The van der Waals surface area contributed by atoms with Crippen molar-refractivity contribution in [3.63, 3.8) is 0 Å². The quantitative estimate of drug-likeness (QED) is 0.911. The molecule has 1 atom stereocenters. The second kappa shape index (κ2) is 6.75. The monoisotopic (exact) mass is 360 g/mol. The first-order valence-electron chi connectivity index (χ1n) is 8.42. The largest absolute Gasteiger partial charge is 0.507 e. The lowest BCUT2D eigenvalue weighted by atomic mass is 9.95. The fraction of sp³-hybridized carbons (Fsp3) is 0.368. The Morgan fingerprint density at radius 3 is 2.32 bits per heavy atom. The summed E-state index contributed by atoms with van der Waals surface area (Å²) in [4.78, 5) is 4.70. The summed E-state index contributed by atoms with van der Waals surface area (Å²) in [5, 5.41) is 11.3. The van der Waals surface area contributed by atoms with E-state index in [9.17, 15) is 5.11 Å². The molecule has 0 aliphatic carbocycles. The van der Waals surface area contributed by atoms with Crippen LogP contribution >= 0.6 is 11.6 Å². The Hall–Kier alpha value is -1.95. The Bertz CT molecular complexity index is 758. The molecule has 1 saturated heterocycles. The van der Waals surface area contributed by atoms with Gasteiger partial charge in [0.2, 0.25) is 6.79 Å². The molecule has 0 bridgehead atoms. The summed E-state index contributed by atoms with van der Waals surface area (Å²) in [5.41, 5.74) is 1.93. The van der Waals surface area contributed by atoms with Crippen molar-refractivity contribution in [2.75, 3.05) is 40.0 Å². The van der Waals surface area contributed by atoms with E-state index >= 15 is 0 Å². The second-order valence-electron chi connectivity index (χ2n) is 6.56. The maximum absolute atomic E-state index is 10.6. The van der Waals surface area contributed by atoms with Gasteiger partial charge in [-0.3, -0.25) is 4.90 Å². The zero-order chi connectivity index (χ0) is 17.4. The number of phenols is 1. The lowest BCUT2D eigenvalue weighted by Gasteiger charge is -2.38. The molecule has 0 spiro atoms. The van der Waals surface area contributed by atoms with Crippen LogP contribution in [0.3, 0.4) is 0 Å². The van der Waals surface area contributed by atoms with Crippen molar-refractivity contribution >= 4 is 11.6 Å². The van der Waals surface area contributed by atoms with E-state index in [4.69, 9.17) is 21.1 Å². The lowest BCUT2D eigenvalue weighted by Crippen LogP contribution is -2.46. The van der Waals surface area contributed by atoms with Crippen LogP contribution in [0.25, 0.3) is 0 Å². The van der Waals surface area contributed by atoms with Gasteiger partial charge in [0.25, 0.3) is 0 Å². The number of hydrogen-bond acceptors (Lipinski definition) is 5. The third kappa shape index (κ3) is 3.27. The molecule has 0 aromatic heterocycles. The standard InChI is InChI=1S/C19H21ClN2O3/c1-21-6-8-22(9-7-21)19(13-2-4-14(20)5-3-13)15-10-17-18(11-16(15)23)25-12-24-17/h2-5,10-11,19,23H,6-9,12H2,1H3/t19-/m1/s1. The van der Waals surface area contributed by atoms with Gasteiger partial charge in [-0.05, 0) is 30.8 Å². The average Bonchev–Trinajstić information content (AvgIpc) is 3.05. The summed E-state index contributed by atoms with van der Waals surface area (Å²) in [5.74, 6) is 1.50. The molecular formula is C19H21ClN2O3. The predicted octanol–water partition coefficient (Wildman–Crippen LogP) is 3.11. The van der Waals surface area contributed by atoms with Crippen molar-refractivity contribution in [2.24, 2.45) is 0 Å². The minimum atomic E-state index is -0.0551. The topological polar surface area (TPSA) is 45.2 Å². The molecule has 2 aliphatic heterocycles. The lowest BCUT2D eigenvalue weighted by molar-refractivity contribution is 0.126. The van der Waals surface area contributed by atoms with E-state index in [1.807, 2.05) is 30.3 Å². The van der Waals surface area contributed by atoms with E-state index < -0.39 is 0 Å². The first-order chi connectivity index (χ1) is 12.1.